The van der Waals surface area contributed by atoms with Gasteiger partial charge in [-0.05, 0) is 25.1 Å². The van der Waals surface area contributed by atoms with Gasteiger partial charge in [0.2, 0.25) is 0 Å². The fourth-order valence-corrected chi connectivity index (χ4v) is 2.16. The molecule has 1 aromatic rings. The molecule has 1 atom stereocenters. The zero-order valence-corrected chi connectivity index (χ0v) is 11.4. The van der Waals surface area contributed by atoms with E-state index in [1.807, 2.05) is 6.08 Å². The van der Waals surface area contributed by atoms with Crippen molar-refractivity contribution in [3.8, 4) is 5.75 Å². The van der Waals surface area contributed by atoms with Crippen LogP contribution < -0.4 is 10.1 Å². The van der Waals surface area contributed by atoms with Gasteiger partial charge in [-0.3, -0.25) is 0 Å². The summed E-state index contributed by atoms with van der Waals surface area (Å²) in [5.41, 5.74) is 0.599. The van der Waals surface area contributed by atoms with Crippen LogP contribution in [0.2, 0.25) is 0 Å². The number of ether oxygens (including phenoxy) is 2. The van der Waals surface area contributed by atoms with Crippen molar-refractivity contribution in [2.24, 2.45) is 0 Å². The van der Waals surface area contributed by atoms with Crippen LogP contribution in [0.15, 0.2) is 30.0 Å². The van der Waals surface area contributed by atoms with E-state index in [1.165, 1.54) is 13.2 Å². The molecule has 1 aliphatic heterocycles. The Labute approximate surface area is 113 Å². The zero-order valence-electron chi connectivity index (χ0n) is 11.4. The van der Waals surface area contributed by atoms with Crippen molar-refractivity contribution in [1.82, 2.24) is 5.32 Å². The second-order valence-corrected chi connectivity index (χ2v) is 4.52. The summed E-state index contributed by atoms with van der Waals surface area (Å²) in [5, 5.41) is 3.33. The van der Waals surface area contributed by atoms with Crippen molar-refractivity contribution in [3.63, 3.8) is 0 Å². The molecular weight excluding hydrogens is 245 g/mol. The third kappa shape index (κ3) is 3.26. The highest BCUT2D eigenvalue weighted by Crippen LogP contribution is 2.30. The van der Waals surface area contributed by atoms with Crippen molar-refractivity contribution >= 4 is 0 Å². The van der Waals surface area contributed by atoms with Crippen molar-refractivity contribution in [3.05, 3.63) is 41.4 Å². The molecule has 3 nitrogen and oxygen atoms in total. The first-order valence-electron chi connectivity index (χ1n) is 6.66. The molecule has 0 aromatic heterocycles. The van der Waals surface area contributed by atoms with Gasteiger partial charge in [0.05, 0.1) is 19.8 Å². The summed E-state index contributed by atoms with van der Waals surface area (Å²) >= 11 is 0. The highest BCUT2D eigenvalue weighted by atomic mass is 19.1. The van der Waals surface area contributed by atoms with Crippen LogP contribution in [0, 0.1) is 5.82 Å². The molecule has 1 unspecified atom stereocenters. The number of methoxy groups -OCH3 is 1. The third-order valence-electron chi connectivity index (χ3n) is 3.13. The predicted octanol–water partition coefficient (Wildman–Crippen LogP) is 3.18. The number of halogens is 1. The number of rotatable bonds is 6. The van der Waals surface area contributed by atoms with Crippen molar-refractivity contribution in [2.75, 3.05) is 20.3 Å². The van der Waals surface area contributed by atoms with Gasteiger partial charge in [-0.1, -0.05) is 13.0 Å². The van der Waals surface area contributed by atoms with Crippen LogP contribution in [0.3, 0.4) is 0 Å². The predicted molar refractivity (Wildman–Crippen MR) is 72.6 cm³/mol. The Hall–Kier alpha value is -1.55. The molecule has 0 bridgehead atoms. The summed E-state index contributed by atoms with van der Waals surface area (Å²) in [6.45, 7) is 3.58. The molecule has 19 heavy (non-hydrogen) atoms. The zero-order chi connectivity index (χ0) is 13.7. The van der Waals surface area contributed by atoms with Gasteiger partial charge in [-0.15, -0.1) is 0 Å². The van der Waals surface area contributed by atoms with Gasteiger partial charge < -0.3 is 14.8 Å². The van der Waals surface area contributed by atoms with E-state index in [-0.39, 0.29) is 11.9 Å². The van der Waals surface area contributed by atoms with Crippen LogP contribution in [0.25, 0.3) is 0 Å². The molecular formula is C15H20FNO2. The Morgan fingerprint density at radius 2 is 2.32 bits per heavy atom. The first kappa shape index (κ1) is 13.9. The largest absolute Gasteiger partial charge is 0.497 e. The summed E-state index contributed by atoms with van der Waals surface area (Å²) in [6.07, 6.45) is 3.90. The summed E-state index contributed by atoms with van der Waals surface area (Å²) in [5.74, 6) is 1.07. The van der Waals surface area contributed by atoms with Gasteiger partial charge in [0.1, 0.15) is 17.3 Å². The molecule has 1 N–H and O–H groups in total. The van der Waals surface area contributed by atoms with E-state index in [4.69, 9.17) is 9.47 Å². The lowest BCUT2D eigenvalue weighted by Crippen LogP contribution is -2.25. The monoisotopic (exact) mass is 265 g/mol. The minimum absolute atomic E-state index is 0.214. The quantitative estimate of drug-likeness (QED) is 0.857. The first-order chi connectivity index (χ1) is 9.26. The van der Waals surface area contributed by atoms with Crippen LogP contribution in [-0.4, -0.2) is 20.3 Å². The standard InChI is InChI=1S/C15H20FNO2/c1-3-8-17-15(14-5-4-9-19-14)12-7-6-11(18-2)10-13(12)16/h5-7,10,15,17H,3-4,8-9H2,1-2H3. The van der Waals surface area contributed by atoms with Crippen molar-refractivity contribution in [2.45, 2.75) is 25.8 Å². The van der Waals surface area contributed by atoms with Gasteiger partial charge in [0.15, 0.2) is 0 Å². The van der Waals surface area contributed by atoms with Crippen LogP contribution in [0.4, 0.5) is 4.39 Å². The summed E-state index contributed by atoms with van der Waals surface area (Å²) < 4.78 is 24.8. The fourth-order valence-electron chi connectivity index (χ4n) is 2.16. The average Bonchev–Trinajstić information content (AvgIpc) is 2.94. The van der Waals surface area contributed by atoms with E-state index in [0.717, 1.165) is 25.1 Å². The molecule has 0 amide bonds. The van der Waals surface area contributed by atoms with Crippen molar-refractivity contribution in [1.29, 1.82) is 0 Å². The number of hydrogen-bond acceptors (Lipinski definition) is 3. The Bertz CT molecular complexity index is 459. The minimum atomic E-state index is -0.274. The molecule has 0 aliphatic carbocycles. The lowest BCUT2D eigenvalue weighted by atomic mass is 10.0. The Morgan fingerprint density at radius 3 is 2.89 bits per heavy atom. The lowest BCUT2D eigenvalue weighted by molar-refractivity contribution is 0.214. The molecule has 104 valence electrons. The van der Waals surface area contributed by atoms with Gasteiger partial charge >= 0.3 is 0 Å². The second kappa shape index (κ2) is 6.57. The van der Waals surface area contributed by atoms with Gasteiger partial charge in [-0.2, -0.15) is 0 Å². The van der Waals surface area contributed by atoms with E-state index in [2.05, 4.69) is 12.2 Å². The van der Waals surface area contributed by atoms with E-state index in [0.29, 0.717) is 17.9 Å². The van der Waals surface area contributed by atoms with Crippen LogP contribution in [0.1, 0.15) is 31.4 Å². The first-order valence-corrected chi connectivity index (χ1v) is 6.66. The normalized spacial score (nSPS) is 15.8. The van der Waals surface area contributed by atoms with E-state index in [1.54, 1.807) is 12.1 Å². The van der Waals surface area contributed by atoms with Crippen molar-refractivity contribution < 1.29 is 13.9 Å². The molecule has 0 radical (unpaired) electrons. The smallest absolute Gasteiger partial charge is 0.132 e. The molecule has 4 heteroatoms. The summed E-state index contributed by atoms with van der Waals surface area (Å²) in [4.78, 5) is 0. The van der Waals surface area contributed by atoms with Crippen LogP contribution in [-0.2, 0) is 4.74 Å². The Balaban J connectivity index is 2.26. The van der Waals surface area contributed by atoms with E-state index in [9.17, 15) is 4.39 Å². The maximum absolute atomic E-state index is 14.2. The molecule has 1 aromatic carbocycles. The molecule has 0 fully saturated rings. The van der Waals surface area contributed by atoms with E-state index >= 15 is 0 Å². The topological polar surface area (TPSA) is 30.5 Å². The highest BCUT2D eigenvalue weighted by Gasteiger charge is 2.23. The fraction of sp³-hybridized carbons (Fsp3) is 0.467. The molecule has 0 saturated heterocycles. The molecule has 0 spiro atoms. The summed E-state index contributed by atoms with van der Waals surface area (Å²) in [7, 11) is 1.53. The van der Waals surface area contributed by atoms with Crippen LogP contribution in [0.5, 0.6) is 5.75 Å². The molecule has 1 heterocycles. The second-order valence-electron chi connectivity index (χ2n) is 4.52. The molecule has 2 rings (SSSR count). The highest BCUT2D eigenvalue weighted by molar-refractivity contribution is 5.34. The van der Waals surface area contributed by atoms with E-state index < -0.39 is 0 Å². The molecule has 0 saturated carbocycles. The van der Waals surface area contributed by atoms with Gasteiger partial charge in [0.25, 0.3) is 0 Å². The third-order valence-corrected chi connectivity index (χ3v) is 3.13. The lowest BCUT2D eigenvalue weighted by Gasteiger charge is -2.21. The Kier molecular flexibility index (Phi) is 4.80. The minimum Gasteiger partial charge on any atom is -0.497 e. The number of benzene rings is 1. The number of nitrogens with one attached hydrogen (secondary N) is 1. The summed E-state index contributed by atoms with van der Waals surface area (Å²) in [6, 6.07) is 4.72. The number of hydrogen-bond donors (Lipinski definition) is 1. The maximum atomic E-state index is 14.2. The average molecular weight is 265 g/mol. The van der Waals surface area contributed by atoms with Crippen LogP contribution >= 0.6 is 0 Å². The SMILES string of the molecule is CCCNC(C1=CCCO1)c1ccc(OC)cc1F. The van der Waals surface area contributed by atoms with Gasteiger partial charge in [-0.25, -0.2) is 4.39 Å². The Morgan fingerprint density at radius 1 is 1.47 bits per heavy atom. The van der Waals surface area contributed by atoms with Gasteiger partial charge in [0, 0.05) is 18.1 Å². The maximum Gasteiger partial charge on any atom is 0.132 e. The molecule has 1 aliphatic rings.